The zero-order chi connectivity index (χ0) is 21.8. The van der Waals surface area contributed by atoms with E-state index in [2.05, 4.69) is 4.74 Å². The molecule has 0 bridgehead atoms. The topological polar surface area (TPSA) is 52.6 Å². The first-order chi connectivity index (χ1) is 12.7. The van der Waals surface area contributed by atoms with Crippen LogP contribution in [0.4, 0.5) is 30.7 Å². The van der Waals surface area contributed by atoms with Crippen molar-refractivity contribution in [3.63, 3.8) is 0 Å². The van der Waals surface area contributed by atoms with Crippen LogP contribution >= 0.6 is 0 Å². The minimum atomic E-state index is -6.52. The molecule has 0 saturated heterocycles. The van der Waals surface area contributed by atoms with E-state index in [9.17, 15) is 40.3 Å². The molecule has 0 aliphatic carbocycles. The molecular formula is C17H17F7O4. The average molecular weight is 418 g/mol. The van der Waals surface area contributed by atoms with Crippen molar-refractivity contribution in [1.29, 1.82) is 0 Å². The number of hydrogen-bond acceptors (Lipinski definition) is 4. The molecule has 1 rings (SSSR count). The summed E-state index contributed by atoms with van der Waals surface area (Å²) in [5.41, 5.74) is 0.972. The van der Waals surface area contributed by atoms with Crippen LogP contribution in [-0.2, 0) is 14.3 Å². The molecule has 28 heavy (non-hydrogen) atoms. The monoisotopic (exact) mass is 418 g/mol. The Morgan fingerprint density at radius 3 is 1.86 bits per heavy atom. The zero-order valence-electron chi connectivity index (χ0n) is 14.8. The Morgan fingerprint density at radius 2 is 1.39 bits per heavy atom. The van der Waals surface area contributed by atoms with Gasteiger partial charge in [0.15, 0.2) is 6.61 Å². The molecule has 1 aromatic carbocycles. The summed E-state index contributed by atoms with van der Waals surface area (Å²) in [6.45, 7) is 1.41. The van der Waals surface area contributed by atoms with E-state index in [1.54, 1.807) is 12.1 Å². The van der Waals surface area contributed by atoms with Gasteiger partial charge in [-0.1, -0.05) is 26.0 Å². The molecule has 4 nitrogen and oxygen atoms in total. The second-order valence-electron chi connectivity index (χ2n) is 6.14. The maximum Gasteiger partial charge on any atom is 0.460 e. The van der Waals surface area contributed by atoms with Crippen molar-refractivity contribution in [2.45, 2.75) is 50.6 Å². The van der Waals surface area contributed by atoms with E-state index >= 15 is 0 Å². The number of ether oxygens (including phenoxy) is 2. The van der Waals surface area contributed by atoms with E-state index in [4.69, 9.17) is 4.74 Å². The number of hydrogen-bond donors (Lipinski definition) is 0. The van der Waals surface area contributed by atoms with Crippen LogP contribution in [0, 0.1) is 0 Å². The Kier molecular flexibility index (Phi) is 7.44. The standard InChI is InChI=1S/C17H17F7O4/c1-10(2)11-3-5-12(6-4-11)28-14(26)8-7-13(25)27-9-15(18,19)16(20,21)17(22,23)24/h3-6,10H,7-9H2,1-2H3. The molecule has 0 heterocycles. The summed E-state index contributed by atoms with van der Waals surface area (Å²) in [4.78, 5) is 22.8. The molecule has 0 atom stereocenters. The van der Waals surface area contributed by atoms with Crippen molar-refractivity contribution in [3.8, 4) is 5.75 Å². The highest BCUT2D eigenvalue weighted by Crippen LogP contribution is 2.46. The summed E-state index contributed by atoms with van der Waals surface area (Å²) in [5.74, 6) is -14.1. The highest BCUT2D eigenvalue weighted by Gasteiger charge is 2.73. The van der Waals surface area contributed by atoms with Gasteiger partial charge in [0.2, 0.25) is 0 Å². The van der Waals surface area contributed by atoms with E-state index in [0.717, 1.165) is 5.56 Å². The zero-order valence-corrected chi connectivity index (χ0v) is 14.8. The third-order valence-electron chi connectivity index (χ3n) is 3.54. The van der Waals surface area contributed by atoms with Gasteiger partial charge in [-0.3, -0.25) is 9.59 Å². The van der Waals surface area contributed by atoms with Crippen molar-refractivity contribution < 1.29 is 49.8 Å². The van der Waals surface area contributed by atoms with Gasteiger partial charge in [0, 0.05) is 0 Å². The van der Waals surface area contributed by atoms with Gasteiger partial charge >= 0.3 is 30.0 Å². The molecule has 11 heteroatoms. The van der Waals surface area contributed by atoms with Gasteiger partial charge in [-0.2, -0.15) is 30.7 Å². The third-order valence-corrected chi connectivity index (χ3v) is 3.54. The average Bonchev–Trinajstić information content (AvgIpc) is 2.57. The fourth-order valence-corrected chi connectivity index (χ4v) is 1.85. The first-order valence-corrected chi connectivity index (χ1v) is 7.96. The Labute approximate surface area is 155 Å². The lowest BCUT2D eigenvalue weighted by Crippen LogP contribution is -2.54. The summed E-state index contributed by atoms with van der Waals surface area (Å²) in [6.07, 6.45) is -8.00. The van der Waals surface area contributed by atoms with Crippen molar-refractivity contribution >= 4 is 11.9 Å². The summed E-state index contributed by atoms with van der Waals surface area (Å²) in [5, 5.41) is 0. The van der Waals surface area contributed by atoms with Gasteiger partial charge in [-0.05, 0) is 23.6 Å². The maximum atomic E-state index is 13.0. The maximum absolute atomic E-state index is 13.0. The molecule has 0 fully saturated rings. The van der Waals surface area contributed by atoms with Gasteiger partial charge in [-0.25, -0.2) is 0 Å². The van der Waals surface area contributed by atoms with E-state index in [0.29, 0.717) is 0 Å². The highest BCUT2D eigenvalue weighted by atomic mass is 19.4. The molecule has 0 aliphatic heterocycles. The van der Waals surface area contributed by atoms with E-state index < -0.39 is 49.4 Å². The van der Waals surface area contributed by atoms with Crippen LogP contribution < -0.4 is 4.74 Å². The quantitative estimate of drug-likeness (QED) is 0.343. The van der Waals surface area contributed by atoms with Crippen LogP contribution in [0.3, 0.4) is 0 Å². The first kappa shape index (κ1) is 23.7. The normalized spacial score (nSPS) is 12.8. The lowest BCUT2D eigenvalue weighted by Gasteiger charge is -2.27. The highest BCUT2D eigenvalue weighted by molar-refractivity contribution is 5.79. The van der Waals surface area contributed by atoms with E-state index in [-0.39, 0.29) is 11.7 Å². The van der Waals surface area contributed by atoms with Gasteiger partial charge < -0.3 is 9.47 Å². The Hall–Kier alpha value is -2.33. The molecule has 1 aromatic rings. The van der Waals surface area contributed by atoms with Crippen LogP contribution in [0.5, 0.6) is 5.75 Å². The summed E-state index contributed by atoms with van der Waals surface area (Å²) < 4.78 is 95.8. The fraction of sp³-hybridized carbons (Fsp3) is 0.529. The SMILES string of the molecule is CC(C)c1ccc(OC(=O)CCC(=O)OCC(F)(F)C(F)(F)C(F)(F)F)cc1. The minimum Gasteiger partial charge on any atom is -0.459 e. The molecule has 0 amide bonds. The molecule has 0 radical (unpaired) electrons. The Bertz CT molecular complexity index is 682. The van der Waals surface area contributed by atoms with E-state index in [1.807, 2.05) is 13.8 Å². The predicted molar refractivity (Wildman–Crippen MR) is 82.3 cm³/mol. The summed E-state index contributed by atoms with van der Waals surface area (Å²) in [7, 11) is 0. The predicted octanol–water partition coefficient (Wildman–Crippen LogP) is 4.87. The smallest absolute Gasteiger partial charge is 0.459 e. The fourth-order valence-electron chi connectivity index (χ4n) is 1.85. The number of alkyl halides is 7. The van der Waals surface area contributed by atoms with Gasteiger partial charge in [-0.15, -0.1) is 0 Å². The number of carbonyl (C=O) groups is 2. The number of rotatable bonds is 8. The summed E-state index contributed by atoms with van der Waals surface area (Å²) in [6, 6.07) is 6.38. The number of carbonyl (C=O) groups excluding carboxylic acids is 2. The molecule has 0 N–H and O–H groups in total. The van der Waals surface area contributed by atoms with Crippen LogP contribution in [0.2, 0.25) is 0 Å². The lowest BCUT2D eigenvalue weighted by molar-refractivity contribution is -0.359. The van der Waals surface area contributed by atoms with Gasteiger partial charge in [0.1, 0.15) is 5.75 Å². The summed E-state index contributed by atoms with van der Waals surface area (Å²) >= 11 is 0. The van der Waals surface area contributed by atoms with Crippen molar-refractivity contribution in [1.82, 2.24) is 0 Å². The molecular weight excluding hydrogens is 401 g/mol. The van der Waals surface area contributed by atoms with Crippen molar-refractivity contribution in [2.24, 2.45) is 0 Å². The third kappa shape index (κ3) is 6.10. The van der Waals surface area contributed by atoms with Crippen LogP contribution in [0.25, 0.3) is 0 Å². The first-order valence-electron chi connectivity index (χ1n) is 7.96. The largest absolute Gasteiger partial charge is 0.460 e. The van der Waals surface area contributed by atoms with Gasteiger partial charge in [0.25, 0.3) is 0 Å². The van der Waals surface area contributed by atoms with Gasteiger partial charge in [0.05, 0.1) is 12.8 Å². The second kappa shape index (κ2) is 8.78. The molecule has 0 aliphatic rings. The molecule has 0 spiro atoms. The second-order valence-corrected chi connectivity index (χ2v) is 6.14. The molecule has 0 aromatic heterocycles. The Balaban J connectivity index is 2.48. The van der Waals surface area contributed by atoms with E-state index in [1.165, 1.54) is 12.1 Å². The van der Waals surface area contributed by atoms with Crippen LogP contribution in [0.1, 0.15) is 38.2 Å². The van der Waals surface area contributed by atoms with Crippen molar-refractivity contribution in [3.05, 3.63) is 29.8 Å². The minimum absolute atomic E-state index is 0.152. The molecule has 0 unspecified atom stereocenters. The number of esters is 2. The number of halogens is 7. The molecule has 158 valence electrons. The van der Waals surface area contributed by atoms with Crippen molar-refractivity contribution in [2.75, 3.05) is 6.61 Å². The van der Waals surface area contributed by atoms with Crippen LogP contribution in [0.15, 0.2) is 24.3 Å². The van der Waals surface area contributed by atoms with Crippen LogP contribution in [-0.4, -0.2) is 36.6 Å². The molecule has 0 saturated carbocycles. The number of benzene rings is 1. The lowest BCUT2D eigenvalue weighted by atomic mass is 10.0. The Morgan fingerprint density at radius 1 is 0.893 bits per heavy atom.